The van der Waals surface area contributed by atoms with Crippen LogP contribution < -0.4 is 10.9 Å². The van der Waals surface area contributed by atoms with Crippen LogP contribution in [0.3, 0.4) is 0 Å². The number of carbonyl (C=O) groups is 1. The van der Waals surface area contributed by atoms with Crippen molar-refractivity contribution in [3.63, 3.8) is 0 Å². The lowest BCUT2D eigenvalue weighted by atomic mass is 10.0. The van der Waals surface area contributed by atoms with E-state index in [-0.39, 0.29) is 23.6 Å². The molecule has 1 amide bonds. The second-order valence-electron chi connectivity index (χ2n) is 5.38. The van der Waals surface area contributed by atoms with Gasteiger partial charge in [-0.15, -0.1) is 11.3 Å². The van der Waals surface area contributed by atoms with Gasteiger partial charge in [0.05, 0.1) is 0 Å². The van der Waals surface area contributed by atoms with Crippen molar-refractivity contribution >= 4 is 17.2 Å². The first-order valence-electron chi connectivity index (χ1n) is 7.13. The van der Waals surface area contributed by atoms with Crippen molar-refractivity contribution in [3.8, 4) is 0 Å². The quantitative estimate of drug-likeness (QED) is 0.756. The summed E-state index contributed by atoms with van der Waals surface area (Å²) in [5.41, 5.74) is 1.13. The number of aromatic nitrogens is 1. The predicted octanol–water partition coefficient (Wildman–Crippen LogP) is 1.63. The van der Waals surface area contributed by atoms with Gasteiger partial charge in [0.25, 0.3) is 11.5 Å². The van der Waals surface area contributed by atoms with Crippen molar-refractivity contribution in [1.29, 1.82) is 0 Å². The molecule has 2 aromatic rings. The highest BCUT2D eigenvalue weighted by Crippen LogP contribution is 2.14. The van der Waals surface area contributed by atoms with Gasteiger partial charge in [-0.2, -0.15) is 0 Å². The number of nitrogens with one attached hydrogen (secondary N) is 2. The summed E-state index contributed by atoms with van der Waals surface area (Å²) in [4.78, 5) is 27.9. The number of carbonyl (C=O) groups excluding carboxylic acids is 1. The number of aliphatic hydroxyl groups excluding tert-OH is 1. The number of hydrogen-bond donors (Lipinski definition) is 3. The van der Waals surface area contributed by atoms with Crippen LogP contribution in [-0.4, -0.2) is 29.1 Å². The summed E-state index contributed by atoms with van der Waals surface area (Å²) < 4.78 is 0. The SMILES string of the molecule is Cc1cc(C)c(C(=O)NCC(CO)Cc2cccs2)c(=O)[nH]1. The Kier molecular flexibility index (Phi) is 5.51. The summed E-state index contributed by atoms with van der Waals surface area (Å²) in [6, 6.07) is 5.73. The van der Waals surface area contributed by atoms with Gasteiger partial charge in [0.2, 0.25) is 0 Å². The van der Waals surface area contributed by atoms with Crippen LogP contribution >= 0.6 is 11.3 Å². The van der Waals surface area contributed by atoms with E-state index in [0.29, 0.717) is 18.5 Å². The molecule has 3 N–H and O–H groups in total. The van der Waals surface area contributed by atoms with Gasteiger partial charge >= 0.3 is 0 Å². The maximum absolute atomic E-state index is 12.2. The molecule has 2 rings (SSSR count). The summed E-state index contributed by atoms with van der Waals surface area (Å²) in [7, 11) is 0. The topological polar surface area (TPSA) is 82.2 Å². The van der Waals surface area contributed by atoms with Crippen LogP contribution in [0.5, 0.6) is 0 Å². The zero-order valence-corrected chi connectivity index (χ0v) is 13.5. The number of aryl methyl sites for hydroxylation is 2. The lowest BCUT2D eigenvalue weighted by molar-refractivity contribution is 0.0938. The molecule has 0 aromatic carbocycles. The zero-order chi connectivity index (χ0) is 16.1. The Bertz CT molecular complexity index is 692. The van der Waals surface area contributed by atoms with Crippen molar-refractivity contribution < 1.29 is 9.90 Å². The minimum Gasteiger partial charge on any atom is -0.396 e. The second-order valence-corrected chi connectivity index (χ2v) is 6.41. The summed E-state index contributed by atoms with van der Waals surface area (Å²) >= 11 is 1.62. The van der Waals surface area contributed by atoms with Crippen LogP contribution in [0, 0.1) is 19.8 Å². The lowest BCUT2D eigenvalue weighted by Gasteiger charge is -2.14. The van der Waals surface area contributed by atoms with Crippen LogP contribution in [0.4, 0.5) is 0 Å². The molecule has 0 spiro atoms. The third-order valence-electron chi connectivity index (χ3n) is 3.47. The van der Waals surface area contributed by atoms with E-state index in [1.807, 2.05) is 17.5 Å². The zero-order valence-electron chi connectivity index (χ0n) is 12.7. The summed E-state index contributed by atoms with van der Waals surface area (Å²) in [6.07, 6.45) is 0.706. The minimum absolute atomic E-state index is 0.0125. The molecule has 2 aromatic heterocycles. The molecule has 6 heteroatoms. The average molecular weight is 320 g/mol. The molecule has 0 radical (unpaired) electrons. The monoisotopic (exact) mass is 320 g/mol. The van der Waals surface area contributed by atoms with Crippen LogP contribution in [0.2, 0.25) is 0 Å². The van der Waals surface area contributed by atoms with Gasteiger partial charge in [-0.1, -0.05) is 6.07 Å². The largest absolute Gasteiger partial charge is 0.396 e. The van der Waals surface area contributed by atoms with E-state index in [4.69, 9.17) is 0 Å². The average Bonchev–Trinajstić information content (AvgIpc) is 2.95. The molecule has 22 heavy (non-hydrogen) atoms. The number of aliphatic hydroxyl groups is 1. The molecule has 0 bridgehead atoms. The Morgan fingerprint density at radius 2 is 2.23 bits per heavy atom. The van der Waals surface area contributed by atoms with Crippen molar-refractivity contribution in [2.24, 2.45) is 5.92 Å². The third-order valence-corrected chi connectivity index (χ3v) is 4.37. The molecular formula is C16H20N2O3S. The van der Waals surface area contributed by atoms with Crippen molar-refractivity contribution in [1.82, 2.24) is 10.3 Å². The van der Waals surface area contributed by atoms with Crippen LogP contribution in [-0.2, 0) is 6.42 Å². The molecule has 0 aliphatic heterocycles. The van der Waals surface area contributed by atoms with Crippen molar-refractivity contribution in [2.45, 2.75) is 20.3 Å². The standard InChI is InChI=1S/C16H20N2O3S/c1-10-6-11(2)18-16(21)14(10)15(20)17-8-12(9-19)7-13-4-3-5-22-13/h3-6,12,19H,7-9H2,1-2H3,(H,17,20)(H,18,21). The Labute approximate surface area is 133 Å². The smallest absolute Gasteiger partial charge is 0.261 e. The van der Waals surface area contributed by atoms with E-state index in [0.717, 1.165) is 10.6 Å². The molecule has 1 atom stereocenters. The van der Waals surface area contributed by atoms with E-state index < -0.39 is 5.91 Å². The van der Waals surface area contributed by atoms with Gasteiger partial charge < -0.3 is 15.4 Å². The Hall–Kier alpha value is -1.92. The fourth-order valence-corrected chi connectivity index (χ4v) is 3.20. The number of amides is 1. The van der Waals surface area contributed by atoms with Gasteiger partial charge in [-0.25, -0.2) is 0 Å². The van der Waals surface area contributed by atoms with Crippen LogP contribution in [0.15, 0.2) is 28.4 Å². The highest BCUT2D eigenvalue weighted by atomic mass is 32.1. The number of thiophene rings is 1. The Morgan fingerprint density at radius 1 is 1.45 bits per heavy atom. The molecular weight excluding hydrogens is 300 g/mol. The van der Waals surface area contributed by atoms with E-state index in [1.165, 1.54) is 0 Å². The number of H-pyrrole nitrogens is 1. The predicted molar refractivity (Wildman–Crippen MR) is 87.5 cm³/mol. The van der Waals surface area contributed by atoms with E-state index in [9.17, 15) is 14.7 Å². The highest BCUT2D eigenvalue weighted by molar-refractivity contribution is 7.09. The van der Waals surface area contributed by atoms with Gasteiger partial charge in [0.1, 0.15) is 5.56 Å². The van der Waals surface area contributed by atoms with E-state index >= 15 is 0 Å². The van der Waals surface area contributed by atoms with E-state index in [1.54, 1.807) is 31.3 Å². The van der Waals surface area contributed by atoms with Gasteiger partial charge in [-0.3, -0.25) is 9.59 Å². The highest BCUT2D eigenvalue weighted by Gasteiger charge is 2.16. The second kappa shape index (κ2) is 7.38. The molecule has 0 saturated carbocycles. The number of hydrogen-bond acceptors (Lipinski definition) is 4. The molecule has 2 heterocycles. The minimum atomic E-state index is -0.400. The van der Waals surface area contributed by atoms with Crippen molar-refractivity contribution in [3.05, 3.63) is 55.6 Å². The Morgan fingerprint density at radius 3 is 2.82 bits per heavy atom. The molecule has 0 fully saturated rings. The fourth-order valence-electron chi connectivity index (χ4n) is 2.38. The first-order chi connectivity index (χ1) is 10.5. The van der Waals surface area contributed by atoms with Crippen LogP contribution in [0.1, 0.15) is 26.5 Å². The van der Waals surface area contributed by atoms with Gasteiger partial charge in [-0.05, 0) is 43.3 Å². The van der Waals surface area contributed by atoms with Crippen LogP contribution in [0.25, 0.3) is 0 Å². The van der Waals surface area contributed by atoms with E-state index in [2.05, 4.69) is 10.3 Å². The summed E-state index contributed by atoms with van der Waals surface area (Å²) in [6.45, 7) is 3.84. The first-order valence-corrected chi connectivity index (χ1v) is 8.01. The first kappa shape index (κ1) is 16.5. The molecule has 5 nitrogen and oxygen atoms in total. The molecule has 0 aliphatic carbocycles. The Balaban J connectivity index is 2.01. The number of rotatable bonds is 6. The van der Waals surface area contributed by atoms with Gasteiger partial charge in [0.15, 0.2) is 0 Å². The molecule has 1 unspecified atom stereocenters. The number of aromatic amines is 1. The normalized spacial score (nSPS) is 12.1. The molecule has 0 saturated heterocycles. The number of pyridine rings is 1. The molecule has 118 valence electrons. The maximum atomic E-state index is 12.2. The maximum Gasteiger partial charge on any atom is 0.261 e. The van der Waals surface area contributed by atoms with Gasteiger partial charge in [0, 0.05) is 29.6 Å². The third kappa shape index (κ3) is 4.05. The fraction of sp³-hybridized carbons (Fsp3) is 0.375. The summed E-state index contributed by atoms with van der Waals surface area (Å²) in [5, 5.41) is 14.2. The molecule has 0 aliphatic rings. The summed E-state index contributed by atoms with van der Waals surface area (Å²) in [5.74, 6) is -0.462. The lowest BCUT2D eigenvalue weighted by Crippen LogP contribution is -2.35. The van der Waals surface area contributed by atoms with Crippen molar-refractivity contribution in [2.75, 3.05) is 13.2 Å².